The maximum atomic E-state index is 13.3. The first-order valence-corrected chi connectivity index (χ1v) is 5.83. The van der Waals surface area contributed by atoms with Crippen LogP contribution in [0.2, 0.25) is 0 Å². The zero-order chi connectivity index (χ0) is 14.7. The molecule has 5 nitrogen and oxygen atoms in total. The van der Waals surface area contributed by atoms with Gasteiger partial charge in [-0.25, -0.2) is 4.39 Å². The van der Waals surface area contributed by atoms with E-state index < -0.39 is 10.7 Å². The summed E-state index contributed by atoms with van der Waals surface area (Å²) in [5, 5.41) is 19.9. The standard InChI is InChI=1S/C14H12FNO4/c1-9-13(16(18)19)3-2-4-14(9)20-12-6-10(8-17)5-11(15)7-12/h2-7,17H,8H2,1H3. The Labute approximate surface area is 114 Å². The molecule has 0 saturated heterocycles. The molecular formula is C14H12FNO4. The minimum absolute atomic E-state index is 0.0683. The summed E-state index contributed by atoms with van der Waals surface area (Å²) in [6.07, 6.45) is 0. The van der Waals surface area contributed by atoms with Crippen molar-refractivity contribution in [2.45, 2.75) is 13.5 Å². The lowest BCUT2D eigenvalue weighted by Gasteiger charge is -2.10. The molecular weight excluding hydrogens is 265 g/mol. The van der Waals surface area contributed by atoms with Gasteiger partial charge in [-0.2, -0.15) is 0 Å². The molecule has 0 amide bonds. The number of rotatable bonds is 4. The Bertz CT molecular complexity index is 658. The Balaban J connectivity index is 2.37. The number of hydrogen-bond donors (Lipinski definition) is 1. The summed E-state index contributed by atoms with van der Waals surface area (Å²) in [6.45, 7) is 1.24. The van der Waals surface area contributed by atoms with E-state index >= 15 is 0 Å². The lowest BCUT2D eigenvalue weighted by Crippen LogP contribution is -1.95. The van der Waals surface area contributed by atoms with Gasteiger partial charge in [0.2, 0.25) is 0 Å². The highest BCUT2D eigenvalue weighted by molar-refractivity contribution is 5.50. The monoisotopic (exact) mass is 277 g/mol. The van der Waals surface area contributed by atoms with Gasteiger partial charge in [0.25, 0.3) is 5.69 Å². The number of ether oxygens (including phenoxy) is 1. The van der Waals surface area contributed by atoms with E-state index in [4.69, 9.17) is 9.84 Å². The molecule has 2 aromatic carbocycles. The van der Waals surface area contributed by atoms with Gasteiger partial charge in [-0.1, -0.05) is 6.07 Å². The van der Waals surface area contributed by atoms with E-state index in [1.54, 1.807) is 13.0 Å². The van der Waals surface area contributed by atoms with Crippen molar-refractivity contribution < 1.29 is 19.2 Å². The number of nitro benzene ring substituents is 1. The summed E-state index contributed by atoms with van der Waals surface area (Å²) in [4.78, 5) is 10.3. The van der Waals surface area contributed by atoms with Crippen LogP contribution in [0.1, 0.15) is 11.1 Å². The maximum Gasteiger partial charge on any atom is 0.276 e. The smallest absolute Gasteiger partial charge is 0.276 e. The van der Waals surface area contributed by atoms with E-state index in [9.17, 15) is 14.5 Å². The molecule has 0 aliphatic heterocycles. The SMILES string of the molecule is Cc1c(Oc2cc(F)cc(CO)c2)cccc1[N+](=O)[O-]. The van der Waals surface area contributed by atoms with Gasteiger partial charge in [-0.05, 0) is 30.7 Å². The van der Waals surface area contributed by atoms with Gasteiger partial charge in [-0.15, -0.1) is 0 Å². The summed E-state index contributed by atoms with van der Waals surface area (Å²) >= 11 is 0. The molecule has 0 fully saturated rings. The van der Waals surface area contributed by atoms with Crippen LogP contribution in [-0.4, -0.2) is 10.0 Å². The van der Waals surface area contributed by atoms with Gasteiger partial charge in [-0.3, -0.25) is 10.1 Å². The van der Waals surface area contributed by atoms with E-state index in [1.807, 2.05) is 0 Å². The highest BCUT2D eigenvalue weighted by Gasteiger charge is 2.15. The number of halogens is 1. The number of aliphatic hydroxyl groups excluding tert-OH is 1. The average molecular weight is 277 g/mol. The summed E-state index contributed by atoms with van der Waals surface area (Å²) in [5.41, 5.74) is 0.650. The molecule has 0 unspecified atom stereocenters. The van der Waals surface area contributed by atoms with Crippen molar-refractivity contribution in [2.24, 2.45) is 0 Å². The Morgan fingerprint density at radius 1 is 1.35 bits per heavy atom. The number of nitrogens with zero attached hydrogens (tertiary/aromatic N) is 1. The number of benzene rings is 2. The first kappa shape index (κ1) is 14.0. The second-order valence-corrected chi connectivity index (χ2v) is 4.21. The Morgan fingerprint density at radius 3 is 2.75 bits per heavy atom. The Kier molecular flexibility index (Phi) is 3.95. The van der Waals surface area contributed by atoms with Crippen molar-refractivity contribution in [2.75, 3.05) is 0 Å². The van der Waals surface area contributed by atoms with Crippen molar-refractivity contribution in [3.05, 3.63) is 63.5 Å². The first-order chi connectivity index (χ1) is 9.51. The normalized spacial score (nSPS) is 10.3. The van der Waals surface area contributed by atoms with Crippen LogP contribution in [0.3, 0.4) is 0 Å². The highest BCUT2D eigenvalue weighted by atomic mass is 19.1. The number of aliphatic hydroxyl groups is 1. The molecule has 2 rings (SSSR count). The molecule has 0 aromatic heterocycles. The first-order valence-electron chi connectivity index (χ1n) is 5.83. The van der Waals surface area contributed by atoms with E-state index in [2.05, 4.69) is 0 Å². The van der Waals surface area contributed by atoms with Crippen LogP contribution in [0.25, 0.3) is 0 Å². The van der Waals surface area contributed by atoms with Crippen LogP contribution in [0.15, 0.2) is 36.4 Å². The van der Waals surface area contributed by atoms with E-state index in [0.717, 1.165) is 6.07 Å². The highest BCUT2D eigenvalue weighted by Crippen LogP contribution is 2.31. The molecule has 0 radical (unpaired) electrons. The van der Waals surface area contributed by atoms with E-state index in [1.165, 1.54) is 24.3 Å². The minimum atomic E-state index is -0.547. The van der Waals surface area contributed by atoms with Crippen LogP contribution in [0.5, 0.6) is 11.5 Å². The molecule has 104 valence electrons. The van der Waals surface area contributed by atoms with Crippen molar-refractivity contribution in [3.63, 3.8) is 0 Å². The van der Waals surface area contributed by atoms with Gasteiger partial charge >= 0.3 is 0 Å². The molecule has 20 heavy (non-hydrogen) atoms. The summed E-state index contributed by atoms with van der Waals surface area (Å²) in [7, 11) is 0. The fourth-order valence-corrected chi connectivity index (χ4v) is 1.81. The average Bonchev–Trinajstić information content (AvgIpc) is 2.40. The quantitative estimate of drug-likeness (QED) is 0.687. The lowest BCUT2D eigenvalue weighted by molar-refractivity contribution is -0.385. The lowest BCUT2D eigenvalue weighted by atomic mass is 10.2. The minimum Gasteiger partial charge on any atom is -0.457 e. The van der Waals surface area contributed by atoms with Crippen LogP contribution < -0.4 is 4.74 Å². The zero-order valence-corrected chi connectivity index (χ0v) is 10.7. The maximum absolute atomic E-state index is 13.3. The fourth-order valence-electron chi connectivity index (χ4n) is 1.81. The van der Waals surface area contributed by atoms with Crippen molar-refractivity contribution in [1.82, 2.24) is 0 Å². The van der Waals surface area contributed by atoms with Crippen LogP contribution in [0, 0.1) is 22.9 Å². The predicted octanol–water partition coefficient (Wildman–Crippen LogP) is 3.33. The third kappa shape index (κ3) is 2.92. The molecule has 1 N–H and O–H groups in total. The van der Waals surface area contributed by atoms with E-state index in [-0.39, 0.29) is 23.8 Å². The molecule has 0 bridgehead atoms. The van der Waals surface area contributed by atoms with Crippen molar-refractivity contribution in [3.8, 4) is 11.5 Å². The second-order valence-electron chi connectivity index (χ2n) is 4.21. The number of hydrogen-bond acceptors (Lipinski definition) is 4. The molecule has 0 heterocycles. The third-order valence-electron chi connectivity index (χ3n) is 2.79. The molecule has 0 spiro atoms. The van der Waals surface area contributed by atoms with Gasteiger partial charge in [0.05, 0.1) is 17.1 Å². The molecule has 0 saturated carbocycles. The largest absolute Gasteiger partial charge is 0.457 e. The molecule has 0 atom stereocenters. The Morgan fingerprint density at radius 2 is 2.10 bits per heavy atom. The predicted molar refractivity (Wildman–Crippen MR) is 70.2 cm³/mol. The molecule has 0 aliphatic carbocycles. The van der Waals surface area contributed by atoms with Gasteiger partial charge in [0.15, 0.2) is 0 Å². The second kappa shape index (κ2) is 5.66. The van der Waals surface area contributed by atoms with Crippen LogP contribution in [0.4, 0.5) is 10.1 Å². The van der Waals surface area contributed by atoms with Gasteiger partial charge in [0.1, 0.15) is 17.3 Å². The topological polar surface area (TPSA) is 72.6 Å². The molecule has 2 aromatic rings. The van der Waals surface area contributed by atoms with E-state index in [0.29, 0.717) is 11.1 Å². The van der Waals surface area contributed by atoms with Gasteiger partial charge in [0, 0.05) is 12.1 Å². The molecule has 0 aliphatic rings. The number of nitro groups is 1. The Hall–Kier alpha value is -2.47. The summed E-state index contributed by atoms with van der Waals surface area (Å²) in [5.74, 6) is -0.0963. The zero-order valence-electron chi connectivity index (χ0n) is 10.7. The fraction of sp³-hybridized carbons (Fsp3) is 0.143. The van der Waals surface area contributed by atoms with Crippen LogP contribution >= 0.6 is 0 Å². The summed E-state index contributed by atoms with van der Waals surface area (Å²) in [6, 6.07) is 8.23. The van der Waals surface area contributed by atoms with Crippen LogP contribution in [-0.2, 0) is 6.61 Å². The third-order valence-corrected chi connectivity index (χ3v) is 2.79. The summed E-state index contributed by atoms with van der Waals surface area (Å²) < 4.78 is 18.8. The van der Waals surface area contributed by atoms with Gasteiger partial charge < -0.3 is 9.84 Å². The van der Waals surface area contributed by atoms with Crippen molar-refractivity contribution >= 4 is 5.69 Å². The van der Waals surface area contributed by atoms with Crippen molar-refractivity contribution in [1.29, 1.82) is 0 Å². The molecule has 6 heteroatoms.